The predicted octanol–water partition coefficient (Wildman–Crippen LogP) is 3.68. The molecule has 5 nitrogen and oxygen atoms in total. The smallest absolute Gasteiger partial charge is 0.191 e. The fourth-order valence-electron chi connectivity index (χ4n) is 2.92. The molecule has 1 aromatic heterocycles. The number of para-hydroxylation sites is 1. The molecule has 5 heteroatoms. The third-order valence-corrected chi connectivity index (χ3v) is 4.29. The van der Waals surface area contributed by atoms with Gasteiger partial charge in [0.05, 0.1) is 18.9 Å². The fourth-order valence-corrected chi connectivity index (χ4v) is 2.92. The van der Waals surface area contributed by atoms with Crippen molar-refractivity contribution in [1.29, 1.82) is 0 Å². The Morgan fingerprint density at radius 3 is 3.00 bits per heavy atom. The van der Waals surface area contributed by atoms with Crippen molar-refractivity contribution in [3.63, 3.8) is 0 Å². The number of guanidine groups is 1. The zero-order valence-electron chi connectivity index (χ0n) is 14.8. The summed E-state index contributed by atoms with van der Waals surface area (Å²) < 4.78 is 11.1. The first kappa shape index (κ1) is 17.4. The van der Waals surface area contributed by atoms with Crippen LogP contribution in [0.5, 0.6) is 5.75 Å². The second-order valence-electron chi connectivity index (χ2n) is 6.21. The van der Waals surface area contributed by atoms with E-state index in [2.05, 4.69) is 29.7 Å². The van der Waals surface area contributed by atoms with Crippen LogP contribution < -0.4 is 15.4 Å². The van der Waals surface area contributed by atoms with E-state index in [4.69, 9.17) is 14.1 Å². The van der Waals surface area contributed by atoms with Gasteiger partial charge in [0.1, 0.15) is 11.5 Å². The second-order valence-corrected chi connectivity index (χ2v) is 6.21. The number of furan rings is 1. The number of nitrogens with one attached hydrogen (secondary N) is 2. The molecule has 0 saturated carbocycles. The lowest BCUT2D eigenvalue weighted by molar-refractivity contribution is 0.261. The molecule has 0 fully saturated rings. The summed E-state index contributed by atoms with van der Waals surface area (Å²) >= 11 is 0. The number of rotatable bonds is 7. The summed E-state index contributed by atoms with van der Waals surface area (Å²) in [6.45, 7) is 4.53. The maximum absolute atomic E-state index is 5.75. The van der Waals surface area contributed by atoms with E-state index in [-0.39, 0.29) is 6.04 Å². The lowest BCUT2D eigenvalue weighted by Crippen LogP contribution is -2.42. The molecule has 2 heterocycles. The van der Waals surface area contributed by atoms with E-state index in [1.54, 1.807) is 6.26 Å². The van der Waals surface area contributed by atoms with Crippen LogP contribution in [0.15, 0.2) is 52.1 Å². The third-order valence-electron chi connectivity index (χ3n) is 4.29. The Hall–Kier alpha value is -2.43. The number of unbranched alkanes of at least 4 members (excludes halogenated alkanes) is 1. The van der Waals surface area contributed by atoms with Crippen LogP contribution in [0.1, 0.15) is 43.6 Å². The van der Waals surface area contributed by atoms with Gasteiger partial charge >= 0.3 is 0 Å². The van der Waals surface area contributed by atoms with Crippen molar-refractivity contribution >= 4 is 5.96 Å². The van der Waals surface area contributed by atoms with Crippen molar-refractivity contribution in [1.82, 2.24) is 10.6 Å². The maximum atomic E-state index is 5.75. The molecule has 0 bridgehead atoms. The number of benzene rings is 1. The average Bonchev–Trinajstić information content (AvgIpc) is 3.15. The highest BCUT2D eigenvalue weighted by molar-refractivity contribution is 5.80. The Labute approximate surface area is 149 Å². The first-order valence-electron chi connectivity index (χ1n) is 9.15. The van der Waals surface area contributed by atoms with Crippen LogP contribution in [0.2, 0.25) is 0 Å². The Kier molecular flexibility index (Phi) is 6.37. The van der Waals surface area contributed by atoms with E-state index in [0.29, 0.717) is 0 Å². The predicted molar refractivity (Wildman–Crippen MR) is 100 cm³/mol. The minimum absolute atomic E-state index is 0.224. The Morgan fingerprint density at radius 1 is 1.24 bits per heavy atom. The van der Waals surface area contributed by atoms with E-state index < -0.39 is 0 Å². The monoisotopic (exact) mass is 341 g/mol. The molecule has 0 amide bonds. The van der Waals surface area contributed by atoms with Crippen molar-refractivity contribution in [2.24, 2.45) is 4.99 Å². The zero-order chi connectivity index (χ0) is 17.3. The summed E-state index contributed by atoms with van der Waals surface area (Å²) in [5, 5.41) is 7.01. The quantitative estimate of drug-likeness (QED) is 0.458. The average molecular weight is 341 g/mol. The molecule has 2 aromatic rings. The first-order chi connectivity index (χ1) is 12.4. The van der Waals surface area contributed by atoms with Crippen LogP contribution in [0, 0.1) is 0 Å². The highest BCUT2D eigenvalue weighted by atomic mass is 16.5. The van der Waals surface area contributed by atoms with Crippen LogP contribution in [-0.4, -0.2) is 25.7 Å². The molecule has 0 saturated heterocycles. The summed E-state index contributed by atoms with van der Waals surface area (Å²) in [5.41, 5.74) is 1.20. The zero-order valence-corrected chi connectivity index (χ0v) is 14.8. The van der Waals surface area contributed by atoms with E-state index >= 15 is 0 Å². The molecule has 3 rings (SSSR count). The van der Waals surface area contributed by atoms with Crippen molar-refractivity contribution in [3.05, 3.63) is 54.0 Å². The largest absolute Gasteiger partial charge is 0.493 e. The van der Waals surface area contributed by atoms with Crippen LogP contribution in [-0.2, 0) is 6.42 Å². The van der Waals surface area contributed by atoms with Gasteiger partial charge in [0.2, 0.25) is 0 Å². The minimum Gasteiger partial charge on any atom is -0.493 e. The topological polar surface area (TPSA) is 58.8 Å². The first-order valence-corrected chi connectivity index (χ1v) is 9.15. The number of hydrogen-bond donors (Lipinski definition) is 2. The molecule has 0 spiro atoms. The molecule has 2 N–H and O–H groups in total. The highest BCUT2D eigenvalue weighted by Gasteiger charge is 2.21. The van der Waals surface area contributed by atoms with Gasteiger partial charge in [-0.3, -0.25) is 4.99 Å². The van der Waals surface area contributed by atoms with Crippen LogP contribution >= 0.6 is 0 Å². The summed E-state index contributed by atoms with van der Waals surface area (Å²) in [4.78, 5) is 4.72. The van der Waals surface area contributed by atoms with Gasteiger partial charge in [-0.05, 0) is 24.6 Å². The number of hydrogen-bond acceptors (Lipinski definition) is 3. The summed E-state index contributed by atoms with van der Waals surface area (Å²) in [5.74, 6) is 2.81. The minimum atomic E-state index is 0.224. The molecule has 0 aliphatic carbocycles. The number of ether oxygens (including phenoxy) is 1. The second kappa shape index (κ2) is 9.16. The van der Waals surface area contributed by atoms with E-state index in [0.717, 1.165) is 62.8 Å². The van der Waals surface area contributed by atoms with Gasteiger partial charge < -0.3 is 19.8 Å². The molecular formula is C20H27N3O2. The lowest BCUT2D eigenvalue weighted by atomic mass is 10.0. The van der Waals surface area contributed by atoms with Gasteiger partial charge in [-0.15, -0.1) is 0 Å². The Bertz CT molecular complexity index is 667. The van der Waals surface area contributed by atoms with E-state index in [1.165, 1.54) is 5.56 Å². The maximum Gasteiger partial charge on any atom is 0.191 e. The fraction of sp³-hybridized carbons (Fsp3) is 0.450. The van der Waals surface area contributed by atoms with Crippen LogP contribution in [0.3, 0.4) is 0 Å². The molecule has 1 aliphatic rings. The molecule has 134 valence electrons. The normalized spacial score (nSPS) is 16.8. The van der Waals surface area contributed by atoms with Crippen molar-refractivity contribution in [2.75, 3.05) is 19.7 Å². The summed E-state index contributed by atoms with van der Waals surface area (Å²) in [6, 6.07) is 12.4. The molecule has 25 heavy (non-hydrogen) atoms. The van der Waals surface area contributed by atoms with Crippen LogP contribution in [0.25, 0.3) is 0 Å². The molecule has 1 aromatic carbocycles. The summed E-state index contributed by atoms with van der Waals surface area (Å²) in [7, 11) is 0. The Morgan fingerprint density at radius 2 is 2.16 bits per heavy atom. The van der Waals surface area contributed by atoms with Gasteiger partial charge in [-0.25, -0.2) is 0 Å². The molecular weight excluding hydrogens is 314 g/mol. The Balaban J connectivity index is 1.62. The van der Waals surface area contributed by atoms with E-state index in [9.17, 15) is 0 Å². The molecule has 1 atom stereocenters. The molecule has 0 radical (unpaired) electrons. The standard InChI is InChI=1S/C20H27N3O2/c1-2-3-12-21-20(22-13-10-16-7-6-14-24-16)23-18-11-15-25-19-9-5-4-8-17(18)19/h4-9,14,18H,2-3,10-13,15H2,1H3,(H2,21,22,23). The van der Waals surface area contributed by atoms with Gasteiger partial charge in [0, 0.05) is 31.5 Å². The van der Waals surface area contributed by atoms with Gasteiger partial charge in [-0.2, -0.15) is 0 Å². The van der Waals surface area contributed by atoms with Crippen molar-refractivity contribution in [3.8, 4) is 5.75 Å². The molecule has 1 aliphatic heterocycles. The van der Waals surface area contributed by atoms with Crippen molar-refractivity contribution < 1.29 is 9.15 Å². The number of fused-ring (bicyclic) bond motifs is 1. The SMILES string of the molecule is CCCCN=C(NCCc1ccco1)NC1CCOc2ccccc21. The highest BCUT2D eigenvalue weighted by Crippen LogP contribution is 2.31. The number of nitrogens with zero attached hydrogens (tertiary/aromatic N) is 1. The lowest BCUT2D eigenvalue weighted by Gasteiger charge is -2.28. The third kappa shape index (κ3) is 5.02. The summed E-state index contributed by atoms with van der Waals surface area (Å²) in [6.07, 6.45) is 5.72. The van der Waals surface area contributed by atoms with Gasteiger partial charge in [0.25, 0.3) is 0 Å². The van der Waals surface area contributed by atoms with Crippen molar-refractivity contribution in [2.45, 2.75) is 38.6 Å². The molecule has 1 unspecified atom stereocenters. The van der Waals surface area contributed by atoms with Crippen LogP contribution in [0.4, 0.5) is 0 Å². The van der Waals surface area contributed by atoms with Gasteiger partial charge in [0.15, 0.2) is 5.96 Å². The number of aliphatic imine (C=N–C) groups is 1. The van der Waals surface area contributed by atoms with Gasteiger partial charge in [-0.1, -0.05) is 31.5 Å². The van der Waals surface area contributed by atoms with E-state index in [1.807, 2.05) is 24.3 Å².